The largest absolute Gasteiger partial charge is 0.465 e. The van der Waals surface area contributed by atoms with Crippen LogP contribution in [0.25, 0.3) is 0 Å². The van der Waals surface area contributed by atoms with Gasteiger partial charge in [-0.25, -0.2) is 14.6 Å². The Morgan fingerprint density at radius 2 is 2.12 bits per heavy atom. The number of amides is 1. The normalized spacial score (nSPS) is 17.8. The molecule has 2 heterocycles. The molecule has 138 valence electrons. The molecule has 1 saturated heterocycles. The van der Waals surface area contributed by atoms with Crippen molar-refractivity contribution in [1.29, 1.82) is 0 Å². The predicted molar refractivity (Wildman–Crippen MR) is 97.9 cm³/mol. The first-order valence-electron chi connectivity index (χ1n) is 8.18. The summed E-state index contributed by atoms with van der Waals surface area (Å²) in [7, 11) is 1.34. The third-order valence-corrected chi connectivity index (χ3v) is 4.11. The van der Waals surface area contributed by atoms with Crippen LogP contribution < -0.4 is 10.2 Å². The van der Waals surface area contributed by atoms with E-state index >= 15 is 0 Å². The van der Waals surface area contributed by atoms with Crippen LogP contribution in [0.4, 0.5) is 10.6 Å². The Labute approximate surface area is 156 Å². The SMILES string of the molecule is COC(=O)c1cc(Br)cnc1N1CCCC(NC(=O)OC(C)(C)C)C1. The Balaban J connectivity index is 2.11. The van der Waals surface area contributed by atoms with Gasteiger partial charge in [0.2, 0.25) is 0 Å². The number of aromatic nitrogens is 1. The molecule has 1 atom stereocenters. The number of hydrogen-bond donors (Lipinski definition) is 1. The number of hydrogen-bond acceptors (Lipinski definition) is 6. The molecule has 0 spiro atoms. The third-order valence-electron chi connectivity index (χ3n) is 3.68. The average molecular weight is 414 g/mol. The number of halogens is 1. The summed E-state index contributed by atoms with van der Waals surface area (Å²) >= 11 is 3.33. The third kappa shape index (κ3) is 5.59. The number of methoxy groups -OCH3 is 1. The summed E-state index contributed by atoms with van der Waals surface area (Å²) in [6, 6.07) is 1.62. The molecule has 1 aliphatic heterocycles. The minimum Gasteiger partial charge on any atom is -0.465 e. The number of pyridine rings is 1. The zero-order valence-corrected chi connectivity index (χ0v) is 16.6. The van der Waals surface area contributed by atoms with E-state index in [1.54, 1.807) is 12.3 Å². The van der Waals surface area contributed by atoms with Crippen LogP contribution in [0.1, 0.15) is 44.0 Å². The van der Waals surface area contributed by atoms with Crippen molar-refractivity contribution in [3.05, 3.63) is 22.3 Å². The lowest BCUT2D eigenvalue weighted by atomic mass is 10.1. The first-order valence-corrected chi connectivity index (χ1v) is 8.97. The highest BCUT2D eigenvalue weighted by Gasteiger charge is 2.27. The first-order chi connectivity index (χ1) is 11.7. The number of rotatable bonds is 3. The van der Waals surface area contributed by atoms with Crippen LogP contribution >= 0.6 is 15.9 Å². The Kier molecular flexibility index (Phi) is 6.26. The van der Waals surface area contributed by atoms with Crippen LogP contribution in [-0.2, 0) is 9.47 Å². The van der Waals surface area contributed by atoms with Crippen molar-refractivity contribution in [1.82, 2.24) is 10.3 Å². The molecule has 0 aliphatic carbocycles. The molecule has 1 unspecified atom stereocenters. The van der Waals surface area contributed by atoms with Gasteiger partial charge in [0.25, 0.3) is 0 Å². The molecule has 2 rings (SSSR count). The molecule has 25 heavy (non-hydrogen) atoms. The first kappa shape index (κ1) is 19.5. The second-order valence-corrected chi connectivity index (χ2v) is 7.86. The van der Waals surface area contributed by atoms with Crippen molar-refractivity contribution in [3.63, 3.8) is 0 Å². The van der Waals surface area contributed by atoms with E-state index in [2.05, 4.69) is 26.2 Å². The van der Waals surface area contributed by atoms with E-state index < -0.39 is 17.7 Å². The smallest absolute Gasteiger partial charge is 0.407 e. The molecular formula is C17H24BrN3O4. The fourth-order valence-electron chi connectivity index (χ4n) is 2.71. The number of carbonyl (C=O) groups excluding carboxylic acids is 2. The van der Waals surface area contributed by atoms with E-state index in [4.69, 9.17) is 9.47 Å². The van der Waals surface area contributed by atoms with Gasteiger partial charge < -0.3 is 19.7 Å². The van der Waals surface area contributed by atoms with Crippen LogP contribution in [0, 0.1) is 0 Å². The summed E-state index contributed by atoms with van der Waals surface area (Å²) in [5.41, 5.74) is -0.140. The topological polar surface area (TPSA) is 80.8 Å². The molecule has 0 aromatic carbocycles. The zero-order chi connectivity index (χ0) is 18.6. The van der Waals surface area contributed by atoms with E-state index in [0.717, 1.165) is 19.4 Å². The average Bonchev–Trinajstić information content (AvgIpc) is 2.52. The van der Waals surface area contributed by atoms with Crippen LogP contribution in [0.15, 0.2) is 16.7 Å². The van der Waals surface area contributed by atoms with Crippen LogP contribution in [0.2, 0.25) is 0 Å². The van der Waals surface area contributed by atoms with Gasteiger partial charge in [-0.1, -0.05) is 0 Å². The molecule has 1 aromatic rings. The maximum Gasteiger partial charge on any atom is 0.407 e. The quantitative estimate of drug-likeness (QED) is 0.766. The maximum absolute atomic E-state index is 12.0. The fraction of sp³-hybridized carbons (Fsp3) is 0.588. The number of piperidine rings is 1. The van der Waals surface area contributed by atoms with Crippen LogP contribution in [0.3, 0.4) is 0 Å². The van der Waals surface area contributed by atoms with Gasteiger partial charge in [0.1, 0.15) is 17.0 Å². The molecule has 0 bridgehead atoms. The second kappa shape index (κ2) is 8.03. The molecule has 1 fully saturated rings. The van der Waals surface area contributed by atoms with Crippen molar-refractivity contribution >= 4 is 33.8 Å². The van der Waals surface area contributed by atoms with Gasteiger partial charge in [0.15, 0.2) is 0 Å². The van der Waals surface area contributed by atoms with Gasteiger partial charge >= 0.3 is 12.1 Å². The van der Waals surface area contributed by atoms with Crippen molar-refractivity contribution in [2.45, 2.75) is 45.3 Å². The zero-order valence-electron chi connectivity index (χ0n) is 15.0. The Bertz CT molecular complexity index is 645. The van der Waals surface area contributed by atoms with Gasteiger partial charge in [0.05, 0.1) is 7.11 Å². The standard InChI is InChI=1S/C17H24BrN3O4/c1-17(2,3)25-16(23)20-12-6-5-7-21(10-12)14-13(15(22)24-4)8-11(18)9-19-14/h8-9,12H,5-7,10H2,1-4H3,(H,20,23). The van der Waals surface area contributed by atoms with Gasteiger partial charge in [-0.3, -0.25) is 0 Å². The number of nitrogens with zero attached hydrogens (tertiary/aromatic N) is 2. The summed E-state index contributed by atoms with van der Waals surface area (Å²) in [4.78, 5) is 30.4. The van der Waals surface area contributed by atoms with E-state index in [0.29, 0.717) is 22.4 Å². The summed E-state index contributed by atoms with van der Waals surface area (Å²) < 4.78 is 10.9. The highest BCUT2D eigenvalue weighted by molar-refractivity contribution is 9.10. The van der Waals surface area contributed by atoms with Crippen molar-refractivity contribution in [3.8, 4) is 0 Å². The highest BCUT2D eigenvalue weighted by atomic mass is 79.9. The number of ether oxygens (including phenoxy) is 2. The van der Waals surface area contributed by atoms with Gasteiger partial charge in [-0.05, 0) is 55.6 Å². The Morgan fingerprint density at radius 3 is 2.76 bits per heavy atom. The maximum atomic E-state index is 12.0. The highest BCUT2D eigenvalue weighted by Crippen LogP contribution is 2.25. The lowest BCUT2D eigenvalue weighted by Crippen LogP contribution is -2.49. The molecule has 1 N–H and O–H groups in total. The van der Waals surface area contributed by atoms with Crippen molar-refractivity contribution in [2.24, 2.45) is 0 Å². The van der Waals surface area contributed by atoms with Crippen molar-refractivity contribution in [2.75, 3.05) is 25.1 Å². The van der Waals surface area contributed by atoms with Gasteiger partial charge in [-0.2, -0.15) is 0 Å². The monoisotopic (exact) mass is 413 g/mol. The number of carbonyl (C=O) groups is 2. The molecule has 1 aromatic heterocycles. The molecular weight excluding hydrogens is 390 g/mol. The number of alkyl carbamates (subject to hydrolysis) is 1. The lowest BCUT2D eigenvalue weighted by Gasteiger charge is -2.35. The molecule has 7 nitrogen and oxygen atoms in total. The van der Waals surface area contributed by atoms with E-state index in [-0.39, 0.29) is 6.04 Å². The summed E-state index contributed by atoms with van der Waals surface area (Å²) in [6.45, 7) is 6.79. The van der Waals surface area contributed by atoms with E-state index in [1.165, 1.54) is 7.11 Å². The minimum atomic E-state index is -0.538. The van der Waals surface area contributed by atoms with Crippen LogP contribution in [0.5, 0.6) is 0 Å². The number of nitrogens with one attached hydrogen (secondary N) is 1. The number of esters is 1. The Hall–Kier alpha value is -1.83. The fourth-order valence-corrected chi connectivity index (χ4v) is 3.04. The predicted octanol–water partition coefficient (Wildman–Crippen LogP) is 3.12. The molecule has 0 radical (unpaired) electrons. The summed E-state index contributed by atoms with van der Waals surface area (Å²) in [5.74, 6) is 0.122. The van der Waals surface area contributed by atoms with Crippen LogP contribution in [-0.4, -0.2) is 48.9 Å². The summed E-state index contributed by atoms with van der Waals surface area (Å²) in [5, 5.41) is 2.89. The molecule has 1 aliphatic rings. The van der Waals surface area contributed by atoms with Gasteiger partial charge in [-0.15, -0.1) is 0 Å². The second-order valence-electron chi connectivity index (χ2n) is 6.95. The summed E-state index contributed by atoms with van der Waals surface area (Å²) in [6.07, 6.45) is 2.93. The lowest BCUT2D eigenvalue weighted by molar-refractivity contribution is 0.0498. The Morgan fingerprint density at radius 1 is 1.40 bits per heavy atom. The van der Waals surface area contributed by atoms with E-state index in [9.17, 15) is 9.59 Å². The van der Waals surface area contributed by atoms with E-state index in [1.807, 2.05) is 25.7 Å². The molecule has 0 saturated carbocycles. The molecule has 8 heteroatoms. The molecule has 1 amide bonds. The van der Waals surface area contributed by atoms with Gasteiger partial charge in [0, 0.05) is 29.8 Å². The number of anilines is 1. The minimum absolute atomic E-state index is 0.0699. The van der Waals surface area contributed by atoms with Crippen molar-refractivity contribution < 1.29 is 19.1 Å².